The molecule has 0 bridgehead atoms. The molecule has 0 spiro atoms. The van der Waals surface area contributed by atoms with Gasteiger partial charge in [-0.3, -0.25) is 9.36 Å². The first-order valence-corrected chi connectivity index (χ1v) is 3.48. The van der Waals surface area contributed by atoms with Crippen LogP contribution in [-0.4, -0.2) is 13.5 Å². The summed E-state index contributed by atoms with van der Waals surface area (Å²) in [5.74, 6) is 0. The van der Waals surface area contributed by atoms with Crippen LogP contribution >= 0.6 is 22.6 Å². The number of carbonyl (C=O) groups excluding carboxylic acids is 1. The molecule has 0 aliphatic heterocycles. The Morgan fingerprint density at radius 3 is 2.78 bits per heavy atom. The molecule has 0 aliphatic carbocycles. The zero-order chi connectivity index (χ0) is 6.85. The molecule has 0 radical (unpaired) electrons. The normalized spacial score (nSPS) is 9.56. The summed E-state index contributed by atoms with van der Waals surface area (Å²) in [5.41, 5.74) is 0.870. The van der Waals surface area contributed by atoms with Crippen molar-refractivity contribution in [2.75, 3.05) is 0 Å². The lowest BCUT2D eigenvalue weighted by molar-refractivity contribution is 0.264. The molecule has 1 aromatic rings. The van der Waals surface area contributed by atoms with E-state index in [0.29, 0.717) is 0 Å². The lowest BCUT2D eigenvalue weighted by Gasteiger charge is -1.92. The van der Waals surface area contributed by atoms with Gasteiger partial charge >= 0.3 is 0 Å². The minimum atomic E-state index is -0.0254. The van der Waals surface area contributed by atoms with Crippen molar-refractivity contribution in [2.24, 2.45) is 0 Å². The molecule has 1 heterocycles. The average Bonchev–Trinajstić information content (AvgIpc) is 2.13. The Kier molecular flexibility index (Phi) is 1.84. The van der Waals surface area contributed by atoms with Crippen LogP contribution in [0.15, 0.2) is 12.5 Å². The van der Waals surface area contributed by atoms with Crippen LogP contribution in [0.5, 0.6) is 0 Å². The zero-order valence-electron chi connectivity index (χ0n) is 4.84. The van der Waals surface area contributed by atoms with Gasteiger partial charge in [0.25, 0.3) is 3.91 Å². The largest absolute Gasteiger partial charge is 0.292 e. The fourth-order valence-corrected chi connectivity index (χ4v) is 1.05. The van der Waals surface area contributed by atoms with Gasteiger partial charge in [0.05, 0.1) is 0 Å². The molecule has 0 aliphatic rings. The molecule has 0 aromatic carbocycles. The van der Waals surface area contributed by atoms with Crippen molar-refractivity contribution in [3.05, 3.63) is 18.2 Å². The summed E-state index contributed by atoms with van der Waals surface area (Å²) in [5, 5.41) is 0. The lowest BCUT2D eigenvalue weighted by atomic mass is 10.5. The Hall–Kier alpha value is -0.390. The quantitative estimate of drug-likeness (QED) is 0.506. The second kappa shape index (κ2) is 2.47. The van der Waals surface area contributed by atoms with E-state index in [4.69, 9.17) is 0 Å². The van der Waals surface area contributed by atoms with Crippen LogP contribution in [0.25, 0.3) is 0 Å². The van der Waals surface area contributed by atoms with E-state index in [9.17, 15) is 4.79 Å². The zero-order valence-corrected chi connectivity index (χ0v) is 6.99. The summed E-state index contributed by atoms with van der Waals surface area (Å²) < 4.78 is 1.46. The number of hydrogen-bond donors (Lipinski definition) is 0. The standard InChI is InChI=1S/C5H5IN2O/c1-4-2-7-3-8(4)5(6)9/h2-3H,1H3. The molecule has 0 atom stereocenters. The van der Waals surface area contributed by atoms with E-state index in [1.807, 2.05) is 6.92 Å². The first-order chi connectivity index (χ1) is 4.22. The third-order valence-electron chi connectivity index (χ3n) is 1.01. The second-order valence-electron chi connectivity index (χ2n) is 1.66. The first kappa shape index (κ1) is 6.73. The highest BCUT2D eigenvalue weighted by Gasteiger charge is 1.99. The molecular formula is C5H5IN2O. The van der Waals surface area contributed by atoms with Crippen LogP contribution in [0.1, 0.15) is 5.69 Å². The topological polar surface area (TPSA) is 34.9 Å². The number of hydrogen-bond acceptors (Lipinski definition) is 2. The fourth-order valence-electron chi connectivity index (χ4n) is 0.545. The number of carbonyl (C=O) groups is 1. The maximum Gasteiger partial charge on any atom is 0.292 e. The van der Waals surface area contributed by atoms with E-state index in [2.05, 4.69) is 4.98 Å². The van der Waals surface area contributed by atoms with Gasteiger partial charge in [0, 0.05) is 34.5 Å². The number of rotatable bonds is 0. The Labute approximate surface area is 66.2 Å². The predicted molar refractivity (Wildman–Crippen MR) is 41.8 cm³/mol. The molecule has 0 amide bonds. The smallest absolute Gasteiger partial charge is 0.265 e. The second-order valence-corrected chi connectivity index (χ2v) is 2.58. The van der Waals surface area contributed by atoms with Gasteiger partial charge < -0.3 is 0 Å². The summed E-state index contributed by atoms with van der Waals surface area (Å²) in [6.45, 7) is 1.84. The SMILES string of the molecule is Cc1cncn1C(=O)I. The van der Waals surface area contributed by atoms with Gasteiger partial charge in [-0.25, -0.2) is 4.98 Å². The van der Waals surface area contributed by atoms with Crippen molar-refractivity contribution >= 4 is 26.5 Å². The summed E-state index contributed by atoms with van der Waals surface area (Å²) >= 11 is 1.71. The Morgan fingerprint density at radius 1 is 1.89 bits per heavy atom. The minimum absolute atomic E-state index is 0.0254. The Bertz CT molecular complexity index is 231. The van der Waals surface area contributed by atoms with Crippen molar-refractivity contribution in [1.29, 1.82) is 0 Å². The molecule has 1 aromatic heterocycles. The average molecular weight is 236 g/mol. The third kappa shape index (κ3) is 1.29. The van der Waals surface area contributed by atoms with Crippen LogP contribution in [0.2, 0.25) is 0 Å². The highest BCUT2D eigenvalue weighted by molar-refractivity contribution is 14.1. The van der Waals surface area contributed by atoms with E-state index in [1.165, 1.54) is 10.9 Å². The van der Waals surface area contributed by atoms with E-state index < -0.39 is 0 Å². The van der Waals surface area contributed by atoms with Gasteiger partial charge in [-0.2, -0.15) is 0 Å². The van der Waals surface area contributed by atoms with Gasteiger partial charge in [-0.15, -0.1) is 0 Å². The van der Waals surface area contributed by atoms with Crippen LogP contribution in [0, 0.1) is 6.92 Å². The molecule has 0 fully saturated rings. The maximum atomic E-state index is 10.6. The van der Waals surface area contributed by atoms with Gasteiger partial charge in [0.1, 0.15) is 6.33 Å². The molecule has 9 heavy (non-hydrogen) atoms. The van der Waals surface area contributed by atoms with E-state index in [0.717, 1.165) is 5.69 Å². The number of nitrogens with zero attached hydrogens (tertiary/aromatic N) is 2. The summed E-state index contributed by atoms with van der Waals surface area (Å²) in [6.07, 6.45) is 3.15. The van der Waals surface area contributed by atoms with E-state index in [1.54, 1.807) is 28.8 Å². The molecule has 48 valence electrons. The number of imidazole rings is 1. The van der Waals surface area contributed by atoms with Crippen LogP contribution in [0.4, 0.5) is 4.79 Å². The summed E-state index contributed by atoms with van der Waals surface area (Å²) in [4.78, 5) is 14.4. The van der Waals surface area contributed by atoms with Crippen molar-refractivity contribution in [2.45, 2.75) is 6.92 Å². The van der Waals surface area contributed by atoms with Gasteiger partial charge in [0.2, 0.25) is 0 Å². The molecule has 0 saturated carbocycles. The highest BCUT2D eigenvalue weighted by atomic mass is 127. The molecular weight excluding hydrogens is 231 g/mol. The summed E-state index contributed by atoms with van der Waals surface area (Å²) in [7, 11) is 0. The molecule has 3 nitrogen and oxygen atoms in total. The Balaban J connectivity index is 3.08. The van der Waals surface area contributed by atoms with Gasteiger partial charge in [-0.1, -0.05) is 0 Å². The molecule has 0 unspecified atom stereocenters. The van der Waals surface area contributed by atoms with E-state index >= 15 is 0 Å². The van der Waals surface area contributed by atoms with Crippen molar-refractivity contribution in [3.63, 3.8) is 0 Å². The van der Waals surface area contributed by atoms with E-state index in [-0.39, 0.29) is 3.91 Å². The highest BCUT2D eigenvalue weighted by Crippen LogP contribution is 2.00. The molecule has 0 saturated heterocycles. The van der Waals surface area contributed by atoms with Crippen molar-refractivity contribution in [1.82, 2.24) is 9.55 Å². The van der Waals surface area contributed by atoms with Crippen LogP contribution in [-0.2, 0) is 0 Å². The van der Waals surface area contributed by atoms with Gasteiger partial charge in [0.15, 0.2) is 0 Å². The van der Waals surface area contributed by atoms with Crippen LogP contribution in [0.3, 0.4) is 0 Å². The minimum Gasteiger partial charge on any atom is -0.265 e. The van der Waals surface area contributed by atoms with Crippen LogP contribution < -0.4 is 0 Å². The summed E-state index contributed by atoms with van der Waals surface area (Å²) in [6, 6.07) is 0. The van der Waals surface area contributed by atoms with Crippen molar-refractivity contribution < 1.29 is 4.79 Å². The fraction of sp³-hybridized carbons (Fsp3) is 0.200. The predicted octanol–water partition coefficient (Wildman–Crippen LogP) is 1.59. The number of aromatic nitrogens is 2. The molecule has 4 heteroatoms. The maximum absolute atomic E-state index is 10.6. The number of aryl methyl sites for hydroxylation is 1. The van der Waals surface area contributed by atoms with Gasteiger partial charge in [-0.05, 0) is 6.92 Å². The monoisotopic (exact) mass is 236 g/mol. The molecule has 1 rings (SSSR count). The third-order valence-corrected chi connectivity index (χ3v) is 1.53. The lowest BCUT2D eigenvalue weighted by Crippen LogP contribution is -2.00. The molecule has 0 N–H and O–H groups in total. The number of halogens is 1. The first-order valence-electron chi connectivity index (χ1n) is 2.40. The Morgan fingerprint density at radius 2 is 2.56 bits per heavy atom. The van der Waals surface area contributed by atoms with Crippen molar-refractivity contribution in [3.8, 4) is 0 Å².